The number of nitrogens with one attached hydrogen (secondary N) is 1. The SMILES string of the molecule is Cc1cc(C)n(Cc2cccc(C(=O)NC(C)c3nc(C4CC4)no3)c2)n1. The van der Waals surface area contributed by atoms with E-state index >= 15 is 0 Å². The molecule has 1 aliphatic rings. The second-order valence-corrected chi connectivity index (χ2v) is 7.25. The van der Waals surface area contributed by atoms with Crippen molar-refractivity contribution < 1.29 is 9.32 Å². The number of carbonyl (C=O) groups is 1. The number of nitrogens with zero attached hydrogens (tertiary/aromatic N) is 4. The van der Waals surface area contributed by atoms with Gasteiger partial charge in [0.1, 0.15) is 6.04 Å². The number of aryl methyl sites for hydroxylation is 2. The Balaban J connectivity index is 1.44. The van der Waals surface area contributed by atoms with Crippen molar-refractivity contribution in [2.24, 2.45) is 0 Å². The molecule has 4 rings (SSSR count). The zero-order chi connectivity index (χ0) is 19.0. The minimum Gasteiger partial charge on any atom is -0.341 e. The Kier molecular flexibility index (Phi) is 4.51. The molecule has 0 spiro atoms. The van der Waals surface area contributed by atoms with E-state index < -0.39 is 0 Å². The summed E-state index contributed by atoms with van der Waals surface area (Å²) in [5.74, 6) is 1.46. The third-order valence-corrected chi connectivity index (χ3v) is 4.74. The summed E-state index contributed by atoms with van der Waals surface area (Å²) >= 11 is 0. The van der Waals surface area contributed by atoms with Gasteiger partial charge in [0.25, 0.3) is 5.91 Å². The molecule has 7 nitrogen and oxygen atoms in total. The van der Waals surface area contributed by atoms with Crippen LogP contribution in [-0.4, -0.2) is 25.8 Å². The fraction of sp³-hybridized carbons (Fsp3) is 0.400. The first-order valence-electron chi connectivity index (χ1n) is 9.24. The number of amides is 1. The van der Waals surface area contributed by atoms with Crippen LogP contribution in [0, 0.1) is 13.8 Å². The van der Waals surface area contributed by atoms with Crippen LogP contribution in [0.2, 0.25) is 0 Å². The van der Waals surface area contributed by atoms with E-state index in [1.165, 1.54) is 0 Å². The van der Waals surface area contributed by atoms with E-state index in [1.54, 1.807) is 6.07 Å². The van der Waals surface area contributed by atoms with Crippen LogP contribution in [0.5, 0.6) is 0 Å². The van der Waals surface area contributed by atoms with Gasteiger partial charge in [-0.2, -0.15) is 10.1 Å². The van der Waals surface area contributed by atoms with Crippen molar-refractivity contribution in [2.45, 2.75) is 52.1 Å². The first kappa shape index (κ1) is 17.5. The van der Waals surface area contributed by atoms with E-state index in [4.69, 9.17) is 4.52 Å². The lowest BCUT2D eigenvalue weighted by Crippen LogP contribution is -2.27. The van der Waals surface area contributed by atoms with Crippen LogP contribution in [0.4, 0.5) is 0 Å². The van der Waals surface area contributed by atoms with Crippen LogP contribution in [0.1, 0.15) is 70.7 Å². The Morgan fingerprint density at radius 3 is 2.85 bits per heavy atom. The average molecular weight is 365 g/mol. The van der Waals surface area contributed by atoms with Crippen molar-refractivity contribution in [1.29, 1.82) is 0 Å². The zero-order valence-electron chi connectivity index (χ0n) is 15.8. The monoisotopic (exact) mass is 365 g/mol. The third kappa shape index (κ3) is 3.92. The summed E-state index contributed by atoms with van der Waals surface area (Å²) in [6, 6.07) is 9.28. The summed E-state index contributed by atoms with van der Waals surface area (Å²) < 4.78 is 7.23. The Morgan fingerprint density at radius 1 is 1.33 bits per heavy atom. The summed E-state index contributed by atoms with van der Waals surface area (Å²) in [6.07, 6.45) is 2.23. The van der Waals surface area contributed by atoms with Crippen LogP contribution in [0.15, 0.2) is 34.9 Å². The maximum absolute atomic E-state index is 12.6. The third-order valence-electron chi connectivity index (χ3n) is 4.74. The number of benzene rings is 1. The molecule has 2 aromatic heterocycles. The van der Waals surface area contributed by atoms with Gasteiger partial charge >= 0.3 is 0 Å². The molecular weight excluding hydrogens is 342 g/mol. The van der Waals surface area contributed by atoms with Gasteiger partial charge in [-0.15, -0.1) is 0 Å². The van der Waals surface area contributed by atoms with E-state index in [9.17, 15) is 4.79 Å². The van der Waals surface area contributed by atoms with E-state index in [1.807, 2.05) is 49.7 Å². The highest BCUT2D eigenvalue weighted by Crippen LogP contribution is 2.38. The number of hydrogen-bond acceptors (Lipinski definition) is 5. The molecule has 1 aromatic carbocycles. The van der Waals surface area contributed by atoms with E-state index in [0.29, 0.717) is 23.9 Å². The minimum atomic E-state index is -0.336. The lowest BCUT2D eigenvalue weighted by molar-refractivity contribution is 0.0932. The second-order valence-electron chi connectivity index (χ2n) is 7.25. The Hall–Kier alpha value is -2.96. The van der Waals surface area contributed by atoms with Crippen molar-refractivity contribution in [2.75, 3.05) is 0 Å². The molecule has 0 bridgehead atoms. The van der Waals surface area contributed by atoms with Gasteiger partial charge in [0.2, 0.25) is 5.89 Å². The van der Waals surface area contributed by atoms with Gasteiger partial charge < -0.3 is 9.84 Å². The van der Waals surface area contributed by atoms with Crippen molar-refractivity contribution in [3.8, 4) is 0 Å². The van der Waals surface area contributed by atoms with Crippen molar-refractivity contribution >= 4 is 5.91 Å². The topological polar surface area (TPSA) is 85.8 Å². The van der Waals surface area contributed by atoms with Crippen molar-refractivity contribution in [1.82, 2.24) is 25.2 Å². The molecule has 0 saturated heterocycles. The minimum absolute atomic E-state index is 0.163. The molecule has 1 atom stereocenters. The molecule has 3 aromatic rings. The van der Waals surface area contributed by atoms with Crippen LogP contribution < -0.4 is 5.32 Å². The standard InChI is InChI=1S/C20H23N5O2/c1-12-9-13(2)25(23-12)11-15-5-4-6-17(10-15)19(26)21-14(3)20-22-18(24-27-20)16-7-8-16/h4-6,9-10,14,16H,7-8,11H2,1-3H3,(H,21,26). The summed E-state index contributed by atoms with van der Waals surface area (Å²) in [5.41, 5.74) is 3.71. The van der Waals surface area contributed by atoms with Crippen LogP contribution >= 0.6 is 0 Å². The molecule has 7 heteroatoms. The number of aromatic nitrogens is 4. The quantitative estimate of drug-likeness (QED) is 0.724. The largest absolute Gasteiger partial charge is 0.341 e. The molecular formula is C20H23N5O2. The van der Waals surface area contributed by atoms with Gasteiger partial charge in [0.05, 0.1) is 12.2 Å². The highest BCUT2D eigenvalue weighted by atomic mass is 16.5. The van der Waals surface area contributed by atoms with Crippen molar-refractivity contribution in [3.63, 3.8) is 0 Å². The van der Waals surface area contributed by atoms with Crippen molar-refractivity contribution in [3.05, 3.63) is 64.6 Å². The predicted molar refractivity (Wildman–Crippen MR) is 99.4 cm³/mol. The van der Waals surface area contributed by atoms with Gasteiger partial charge in [-0.05, 0) is 57.4 Å². The lowest BCUT2D eigenvalue weighted by atomic mass is 10.1. The van der Waals surface area contributed by atoms with Gasteiger partial charge in [-0.1, -0.05) is 17.3 Å². The van der Waals surface area contributed by atoms with E-state index in [-0.39, 0.29) is 11.9 Å². The zero-order valence-corrected chi connectivity index (χ0v) is 15.8. The lowest BCUT2D eigenvalue weighted by Gasteiger charge is -2.11. The van der Waals surface area contributed by atoms with E-state index in [0.717, 1.165) is 35.6 Å². The normalized spacial score (nSPS) is 14.9. The Labute approximate surface area is 157 Å². The van der Waals surface area contributed by atoms with Crippen LogP contribution in [0.25, 0.3) is 0 Å². The average Bonchev–Trinajstić information content (AvgIpc) is 3.28. The number of rotatable bonds is 6. The first-order chi connectivity index (χ1) is 13.0. The molecule has 1 aliphatic carbocycles. The molecule has 1 fully saturated rings. The molecule has 1 N–H and O–H groups in total. The van der Waals surface area contributed by atoms with Gasteiger partial charge in [-0.25, -0.2) is 0 Å². The van der Waals surface area contributed by atoms with E-state index in [2.05, 4.69) is 20.6 Å². The summed E-state index contributed by atoms with van der Waals surface area (Å²) in [5, 5.41) is 11.4. The molecule has 0 aliphatic heterocycles. The molecule has 27 heavy (non-hydrogen) atoms. The first-order valence-corrected chi connectivity index (χ1v) is 9.24. The maximum Gasteiger partial charge on any atom is 0.251 e. The summed E-state index contributed by atoms with van der Waals surface area (Å²) in [4.78, 5) is 17.0. The molecule has 1 saturated carbocycles. The predicted octanol–water partition coefficient (Wildman–Crippen LogP) is 3.30. The number of hydrogen-bond donors (Lipinski definition) is 1. The highest BCUT2D eigenvalue weighted by molar-refractivity contribution is 5.94. The molecule has 140 valence electrons. The molecule has 1 unspecified atom stereocenters. The van der Waals surface area contributed by atoms with Gasteiger partial charge in [0.15, 0.2) is 5.82 Å². The molecule has 1 amide bonds. The van der Waals surface area contributed by atoms with Crippen LogP contribution in [-0.2, 0) is 6.54 Å². The Morgan fingerprint density at radius 2 is 2.15 bits per heavy atom. The number of carbonyl (C=O) groups excluding carboxylic acids is 1. The van der Waals surface area contributed by atoms with Crippen LogP contribution in [0.3, 0.4) is 0 Å². The molecule has 0 radical (unpaired) electrons. The van der Waals surface area contributed by atoms with Gasteiger partial charge in [0, 0.05) is 17.2 Å². The molecule has 2 heterocycles. The smallest absolute Gasteiger partial charge is 0.251 e. The summed E-state index contributed by atoms with van der Waals surface area (Å²) in [6.45, 7) is 6.48. The highest BCUT2D eigenvalue weighted by Gasteiger charge is 2.29. The fourth-order valence-corrected chi connectivity index (χ4v) is 3.09. The second kappa shape index (κ2) is 6.98. The van der Waals surface area contributed by atoms with Gasteiger partial charge in [-0.3, -0.25) is 9.48 Å². The Bertz CT molecular complexity index is 970. The summed E-state index contributed by atoms with van der Waals surface area (Å²) in [7, 11) is 0. The maximum atomic E-state index is 12.6. The fourth-order valence-electron chi connectivity index (χ4n) is 3.09.